The molecule has 0 amide bonds. The van der Waals surface area contributed by atoms with Gasteiger partial charge in [-0.05, 0) is 40.5 Å². The van der Waals surface area contributed by atoms with Crippen molar-refractivity contribution in [3.8, 4) is 0 Å². The molecule has 18 heavy (non-hydrogen) atoms. The number of ether oxygens (including phenoxy) is 2. The lowest BCUT2D eigenvalue weighted by Crippen LogP contribution is -2.47. The zero-order valence-electron chi connectivity index (χ0n) is 11.3. The van der Waals surface area contributed by atoms with E-state index in [-0.39, 0.29) is 12.2 Å². The van der Waals surface area contributed by atoms with E-state index in [4.69, 9.17) is 19.7 Å². The van der Waals surface area contributed by atoms with Gasteiger partial charge < -0.3 is 29.9 Å². The Morgan fingerprint density at radius 2 is 1.56 bits per heavy atom. The number of hydrogen-bond donors (Lipinski definition) is 4. The molecule has 0 bridgehead atoms. The molecule has 1 saturated heterocycles. The fourth-order valence-electron chi connectivity index (χ4n) is 2.10. The van der Waals surface area contributed by atoms with Crippen LogP contribution in [0.15, 0.2) is 0 Å². The van der Waals surface area contributed by atoms with Crippen molar-refractivity contribution < 1.29 is 29.9 Å². The lowest BCUT2D eigenvalue weighted by molar-refractivity contribution is -0.159. The first kappa shape index (κ1) is 15.8. The molecule has 4 atom stereocenters. The normalized spacial score (nSPS) is 38.7. The lowest BCUT2D eigenvalue weighted by atomic mass is 9.90. The number of fused-ring (bicyclic) bond motifs is 1. The summed E-state index contributed by atoms with van der Waals surface area (Å²) in [4.78, 5) is 0. The third-order valence-electron chi connectivity index (χ3n) is 2.70. The first-order valence-corrected chi connectivity index (χ1v) is 6.16. The maximum atomic E-state index is 9.63. The van der Waals surface area contributed by atoms with E-state index < -0.39 is 23.8 Å². The van der Waals surface area contributed by atoms with Crippen LogP contribution in [0, 0.1) is 0 Å². The summed E-state index contributed by atoms with van der Waals surface area (Å²) < 4.78 is 11.1. The van der Waals surface area contributed by atoms with Gasteiger partial charge in [0.2, 0.25) is 0 Å². The molecule has 3 unspecified atom stereocenters. The zero-order valence-corrected chi connectivity index (χ0v) is 11.3. The Balaban J connectivity index is 0.000000280. The average molecular weight is 264 g/mol. The quantitative estimate of drug-likeness (QED) is 0.449. The highest BCUT2D eigenvalue weighted by molar-refractivity contribution is 4.94. The van der Waals surface area contributed by atoms with Gasteiger partial charge in [-0.15, -0.1) is 0 Å². The van der Waals surface area contributed by atoms with Crippen LogP contribution < -0.4 is 0 Å². The van der Waals surface area contributed by atoms with Gasteiger partial charge in [0.1, 0.15) is 12.2 Å². The summed E-state index contributed by atoms with van der Waals surface area (Å²) in [5, 5.41) is 35.2. The third-order valence-corrected chi connectivity index (χ3v) is 2.70. The molecule has 0 radical (unpaired) electrons. The summed E-state index contributed by atoms with van der Waals surface area (Å²) in [7, 11) is 0. The molecule has 0 aromatic rings. The second kappa shape index (κ2) is 5.40. The van der Waals surface area contributed by atoms with E-state index in [9.17, 15) is 10.2 Å². The Labute approximate surface area is 107 Å². The molecule has 108 valence electrons. The molecule has 1 aliphatic heterocycles. The van der Waals surface area contributed by atoms with E-state index in [1.54, 1.807) is 0 Å². The molecule has 4 N–H and O–H groups in total. The predicted molar refractivity (Wildman–Crippen MR) is 63.6 cm³/mol. The summed E-state index contributed by atoms with van der Waals surface area (Å²) in [6.45, 7) is 6.24. The number of rotatable bonds is 0. The lowest BCUT2D eigenvalue weighted by Gasteiger charge is -2.31. The molecule has 0 aromatic heterocycles. The highest BCUT2D eigenvalue weighted by atomic mass is 16.8. The number of aliphatic hydroxyl groups excluding tert-OH is 2. The minimum absolute atomic E-state index is 0.0617. The van der Waals surface area contributed by atoms with Crippen LogP contribution in [-0.4, -0.2) is 56.4 Å². The molecule has 2 rings (SSSR count). The van der Waals surface area contributed by atoms with Crippen LogP contribution in [0.3, 0.4) is 0 Å². The predicted octanol–water partition coefficient (Wildman–Crippen LogP) is -0.271. The first-order valence-electron chi connectivity index (χ1n) is 6.16. The zero-order chi connectivity index (χ0) is 14.1. The molecule has 2 fully saturated rings. The van der Waals surface area contributed by atoms with Crippen LogP contribution in [-0.2, 0) is 9.47 Å². The second-order valence-electron chi connectivity index (χ2n) is 5.77. The topological polar surface area (TPSA) is 99.4 Å². The highest BCUT2D eigenvalue weighted by Crippen LogP contribution is 2.36. The minimum Gasteiger partial charge on any atom is -0.390 e. The third kappa shape index (κ3) is 4.79. The summed E-state index contributed by atoms with van der Waals surface area (Å²) in [5.41, 5.74) is 0. The summed E-state index contributed by atoms with van der Waals surface area (Å²) in [6.07, 6.45) is -0.555. The van der Waals surface area contributed by atoms with Crippen LogP contribution in [0.2, 0.25) is 0 Å². The van der Waals surface area contributed by atoms with Gasteiger partial charge in [-0.3, -0.25) is 0 Å². The Hall–Kier alpha value is -0.240. The largest absolute Gasteiger partial charge is 0.390 e. The highest BCUT2D eigenvalue weighted by Gasteiger charge is 2.49. The average Bonchev–Trinajstić information content (AvgIpc) is 2.45. The SMILES string of the molecule is CC(C)(O)O.CC1(C)OC2CCC(O)[C@@H](O)C2O1. The molecule has 0 spiro atoms. The molecular formula is C12H24O6. The van der Waals surface area contributed by atoms with Crippen LogP contribution in [0.25, 0.3) is 0 Å². The molecule has 2 aliphatic rings. The van der Waals surface area contributed by atoms with Gasteiger partial charge in [0.15, 0.2) is 11.6 Å². The molecule has 6 heteroatoms. The molecule has 1 aliphatic carbocycles. The van der Waals surface area contributed by atoms with Crippen molar-refractivity contribution in [2.75, 3.05) is 0 Å². The van der Waals surface area contributed by atoms with E-state index in [0.29, 0.717) is 6.42 Å². The Kier molecular flexibility index (Phi) is 4.75. The van der Waals surface area contributed by atoms with E-state index in [1.807, 2.05) is 13.8 Å². The van der Waals surface area contributed by atoms with Crippen molar-refractivity contribution in [2.24, 2.45) is 0 Å². The molecule has 6 nitrogen and oxygen atoms in total. The van der Waals surface area contributed by atoms with Crippen molar-refractivity contribution >= 4 is 0 Å². The maximum absolute atomic E-state index is 9.63. The Morgan fingerprint density at radius 1 is 1.06 bits per heavy atom. The van der Waals surface area contributed by atoms with Gasteiger partial charge >= 0.3 is 0 Å². The van der Waals surface area contributed by atoms with Gasteiger partial charge in [0.05, 0.1) is 12.2 Å². The minimum atomic E-state index is -1.50. The van der Waals surface area contributed by atoms with Gasteiger partial charge in [-0.25, -0.2) is 0 Å². The van der Waals surface area contributed by atoms with E-state index in [2.05, 4.69) is 0 Å². The van der Waals surface area contributed by atoms with Gasteiger partial charge in [0, 0.05) is 0 Å². The van der Waals surface area contributed by atoms with E-state index in [1.165, 1.54) is 13.8 Å². The summed E-state index contributed by atoms with van der Waals surface area (Å²) >= 11 is 0. The molecule has 1 saturated carbocycles. The molecular weight excluding hydrogens is 240 g/mol. The summed E-state index contributed by atoms with van der Waals surface area (Å²) in [5.74, 6) is -2.12. The number of hydrogen-bond acceptors (Lipinski definition) is 6. The van der Waals surface area contributed by atoms with Crippen LogP contribution >= 0.6 is 0 Å². The fourth-order valence-corrected chi connectivity index (χ4v) is 2.10. The maximum Gasteiger partial charge on any atom is 0.163 e. The van der Waals surface area contributed by atoms with Crippen LogP contribution in [0.4, 0.5) is 0 Å². The van der Waals surface area contributed by atoms with Crippen molar-refractivity contribution in [1.82, 2.24) is 0 Å². The van der Waals surface area contributed by atoms with Gasteiger partial charge in [0.25, 0.3) is 0 Å². The van der Waals surface area contributed by atoms with E-state index >= 15 is 0 Å². The van der Waals surface area contributed by atoms with Crippen LogP contribution in [0.1, 0.15) is 40.5 Å². The van der Waals surface area contributed by atoms with Gasteiger partial charge in [-0.2, -0.15) is 0 Å². The van der Waals surface area contributed by atoms with Gasteiger partial charge in [-0.1, -0.05) is 0 Å². The van der Waals surface area contributed by atoms with Crippen LogP contribution in [0.5, 0.6) is 0 Å². The fraction of sp³-hybridized carbons (Fsp3) is 1.00. The first-order chi connectivity index (χ1) is 7.99. The summed E-state index contributed by atoms with van der Waals surface area (Å²) in [6, 6.07) is 0. The van der Waals surface area contributed by atoms with Crippen molar-refractivity contribution in [1.29, 1.82) is 0 Å². The van der Waals surface area contributed by atoms with Crippen molar-refractivity contribution in [2.45, 2.75) is 76.5 Å². The molecule has 0 aromatic carbocycles. The Bertz CT molecular complexity index is 266. The van der Waals surface area contributed by atoms with Crippen molar-refractivity contribution in [3.63, 3.8) is 0 Å². The second-order valence-corrected chi connectivity index (χ2v) is 5.77. The monoisotopic (exact) mass is 264 g/mol. The Morgan fingerprint density at radius 3 is 2.06 bits per heavy atom. The standard InChI is InChI=1S/C9H16O4.C3H8O2/c1-9(2)12-6-4-3-5(10)7(11)8(6)13-9;1-3(2,4)5/h5-8,10-11H,3-4H2,1-2H3;4-5H,1-2H3/t5?,6?,7-,8?;/m1./s1. The van der Waals surface area contributed by atoms with E-state index in [0.717, 1.165) is 6.42 Å². The smallest absolute Gasteiger partial charge is 0.163 e. The molecule has 1 heterocycles. The van der Waals surface area contributed by atoms with Crippen molar-refractivity contribution in [3.05, 3.63) is 0 Å². The number of aliphatic hydroxyl groups is 4.